The van der Waals surface area contributed by atoms with E-state index in [0.29, 0.717) is 0 Å². The van der Waals surface area contributed by atoms with Crippen molar-refractivity contribution in [1.29, 1.82) is 0 Å². The maximum atomic E-state index is 3.90. The summed E-state index contributed by atoms with van der Waals surface area (Å²) in [5.74, 6) is 2.10. The number of hydrogen-bond acceptors (Lipinski definition) is 3. The zero-order valence-electron chi connectivity index (χ0n) is 24.0. The predicted octanol–water partition coefficient (Wildman–Crippen LogP) is 9.68. The van der Waals surface area contributed by atoms with Crippen molar-refractivity contribution in [1.82, 2.24) is 14.5 Å². The van der Waals surface area contributed by atoms with E-state index in [1.165, 1.54) is 38.5 Å². The van der Waals surface area contributed by atoms with Gasteiger partial charge in [-0.15, -0.1) is 0 Å². The molecule has 0 saturated carbocycles. The number of rotatable bonds is 15. The zero-order chi connectivity index (χ0) is 28.9. The molecule has 2 aromatic carbocycles. The van der Waals surface area contributed by atoms with Gasteiger partial charge in [-0.05, 0) is 53.6 Å². The van der Waals surface area contributed by atoms with Crippen molar-refractivity contribution < 1.29 is 0 Å². The normalized spacial score (nSPS) is 12.9. The van der Waals surface area contributed by atoms with E-state index in [-0.39, 0.29) is 0 Å². The molecule has 0 amide bonds. The Morgan fingerprint density at radius 2 is 1.32 bits per heavy atom. The van der Waals surface area contributed by atoms with Gasteiger partial charge in [-0.1, -0.05) is 120 Å². The summed E-state index contributed by atoms with van der Waals surface area (Å²) in [7, 11) is 5.81. The van der Waals surface area contributed by atoms with Gasteiger partial charge in [-0.2, -0.15) is 0 Å². The van der Waals surface area contributed by atoms with Crippen LogP contribution in [0.1, 0.15) is 18.1 Å². The molecule has 1 N–H and O–H groups in total. The maximum Gasteiger partial charge on any atom is 0.0486 e. The maximum absolute atomic E-state index is 3.90. The molecule has 0 unspecified atom stereocenters. The molecule has 2 aromatic heterocycles. The van der Waals surface area contributed by atoms with E-state index in [2.05, 4.69) is 132 Å². The first-order chi connectivity index (χ1) is 20.2. The third-order valence-electron chi connectivity index (χ3n) is 6.79. The van der Waals surface area contributed by atoms with Crippen LogP contribution in [-0.4, -0.2) is 27.7 Å². The fourth-order valence-electron chi connectivity index (χ4n) is 4.70. The average molecular weight is 578 g/mol. The largest absolute Gasteiger partial charge is 0.394 e. The van der Waals surface area contributed by atoms with Gasteiger partial charge in [0.2, 0.25) is 0 Å². The van der Waals surface area contributed by atoms with Gasteiger partial charge in [0.25, 0.3) is 0 Å². The van der Waals surface area contributed by atoms with Gasteiger partial charge >= 0.3 is 0 Å². The van der Waals surface area contributed by atoms with E-state index >= 15 is 0 Å². The third kappa shape index (κ3) is 8.12. The fourth-order valence-corrected chi connectivity index (χ4v) is 6.63. The summed E-state index contributed by atoms with van der Waals surface area (Å²) in [6, 6.07) is 17.3. The van der Waals surface area contributed by atoms with Crippen LogP contribution < -0.4 is 5.32 Å². The summed E-state index contributed by atoms with van der Waals surface area (Å²) in [4.78, 5) is 0. The van der Waals surface area contributed by atoms with Crippen LogP contribution in [0, 0.1) is 0 Å². The minimum absolute atomic E-state index is 0.972. The SMILES string of the molecule is C=C/C=C(C=C)/C=C/c1cn(CCSSCCn2cc(/C=C/C(/C=C\NC)=C/C)c3ccccc32)c2ccccc12. The molecule has 0 aliphatic heterocycles. The van der Waals surface area contributed by atoms with E-state index in [0.717, 1.165) is 30.2 Å². The van der Waals surface area contributed by atoms with Gasteiger partial charge in [0.1, 0.15) is 0 Å². The number of para-hydroxylation sites is 2. The molecular weight excluding hydrogens is 539 g/mol. The molecule has 0 fully saturated rings. The molecule has 0 aliphatic rings. The monoisotopic (exact) mass is 577 g/mol. The first-order valence-corrected chi connectivity index (χ1v) is 16.4. The van der Waals surface area contributed by atoms with E-state index in [1.807, 2.05) is 47.0 Å². The molecular formula is C36H39N3S2. The van der Waals surface area contributed by atoms with Crippen LogP contribution in [0.15, 0.2) is 134 Å². The number of allylic oxidation sites excluding steroid dienone is 9. The van der Waals surface area contributed by atoms with E-state index in [4.69, 9.17) is 0 Å². The Morgan fingerprint density at radius 1 is 0.780 bits per heavy atom. The third-order valence-corrected chi connectivity index (χ3v) is 9.15. The standard InChI is InChI=1S/C36H39N3S2/c1-5-12-29(6-2)17-19-31-27-38(35-15-10-8-13-33(31)35)23-25-40-41-26-24-39-28-32(34-14-9-11-16-36(34)39)20-18-30(7-3)21-22-37-4/h5-22,27-28,37H,1-2,23-26H2,3-4H3/b19-17+,20-18+,22-21-,29-12+,30-7-. The second-order valence-corrected chi connectivity index (χ2v) is 12.1. The highest BCUT2D eigenvalue weighted by atomic mass is 33.1. The Hall–Kier alpha value is -3.80. The molecule has 41 heavy (non-hydrogen) atoms. The van der Waals surface area contributed by atoms with Gasteiger partial charge in [-0.25, -0.2) is 0 Å². The highest BCUT2D eigenvalue weighted by Crippen LogP contribution is 2.28. The van der Waals surface area contributed by atoms with Crippen molar-refractivity contribution in [3.8, 4) is 0 Å². The Balaban J connectivity index is 1.35. The number of aryl methyl sites for hydroxylation is 2. The van der Waals surface area contributed by atoms with Gasteiger partial charge in [0, 0.05) is 65.8 Å². The van der Waals surface area contributed by atoms with Crippen LogP contribution in [0.4, 0.5) is 0 Å². The lowest BCUT2D eigenvalue weighted by Crippen LogP contribution is -1.99. The lowest BCUT2D eigenvalue weighted by atomic mass is 10.1. The molecule has 0 radical (unpaired) electrons. The summed E-state index contributed by atoms with van der Waals surface area (Å²) < 4.78 is 4.76. The van der Waals surface area contributed by atoms with Crippen LogP contribution >= 0.6 is 21.6 Å². The highest BCUT2D eigenvalue weighted by molar-refractivity contribution is 8.76. The van der Waals surface area contributed by atoms with Crippen molar-refractivity contribution in [2.24, 2.45) is 0 Å². The molecule has 5 heteroatoms. The smallest absolute Gasteiger partial charge is 0.0486 e. The molecule has 0 atom stereocenters. The van der Waals surface area contributed by atoms with Crippen LogP contribution in [0.3, 0.4) is 0 Å². The number of nitrogens with zero attached hydrogens (tertiary/aromatic N) is 2. The predicted molar refractivity (Wildman–Crippen MR) is 187 cm³/mol. The van der Waals surface area contributed by atoms with Crippen molar-refractivity contribution in [3.05, 3.63) is 145 Å². The van der Waals surface area contributed by atoms with Crippen LogP contribution in [-0.2, 0) is 13.1 Å². The van der Waals surface area contributed by atoms with Crippen molar-refractivity contribution >= 4 is 55.5 Å². The zero-order valence-corrected chi connectivity index (χ0v) is 25.6. The molecule has 0 aliphatic carbocycles. The summed E-state index contributed by atoms with van der Waals surface area (Å²) in [6.07, 6.45) is 25.0. The number of aromatic nitrogens is 2. The molecule has 4 rings (SSSR count). The second kappa shape index (κ2) is 15.8. The topological polar surface area (TPSA) is 21.9 Å². The summed E-state index contributed by atoms with van der Waals surface area (Å²) in [5, 5.41) is 5.62. The minimum atomic E-state index is 0.972. The number of nitrogens with one attached hydrogen (secondary N) is 1. The first kappa shape index (κ1) is 30.2. The molecule has 0 bridgehead atoms. The second-order valence-electron chi connectivity index (χ2n) is 9.42. The molecule has 2 heterocycles. The van der Waals surface area contributed by atoms with Crippen molar-refractivity contribution in [2.75, 3.05) is 18.6 Å². The Labute approximate surface area is 252 Å². The van der Waals surface area contributed by atoms with Gasteiger partial charge in [-0.3, -0.25) is 0 Å². The Bertz CT molecular complexity index is 1630. The molecule has 4 aromatic rings. The van der Waals surface area contributed by atoms with Gasteiger partial charge in [0.05, 0.1) is 0 Å². The quantitative estimate of drug-likeness (QED) is 0.0864. The van der Waals surface area contributed by atoms with E-state index in [1.54, 1.807) is 6.08 Å². The number of benzene rings is 2. The fraction of sp³-hybridized carbons (Fsp3) is 0.167. The number of fused-ring (bicyclic) bond motifs is 2. The first-order valence-electron chi connectivity index (χ1n) is 13.9. The lowest BCUT2D eigenvalue weighted by molar-refractivity contribution is 0.806. The lowest BCUT2D eigenvalue weighted by Gasteiger charge is -2.06. The Kier molecular flexibility index (Phi) is 11.7. The minimum Gasteiger partial charge on any atom is -0.394 e. The molecule has 0 spiro atoms. The van der Waals surface area contributed by atoms with E-state index < -0.39 is 0 Å². The number of hydrogen-bond donors (Lipinski definition) is 1. The molecule has 210 valence electrons. The van der Waals surface area contributed by atoms with Crippen molar-refractivity contribution in [2.45, 2.75) is 20.0 Å². The van der Waals surface area contributed by atoms with Gasteiger partial charge in [0.15, 0.2) is 0 Å². The summed E-state index contributed by atoms with van der Waals surface area (Å²) in [5.41, 5.74) is 7.25. The Morgan fingerprint density at radius 3 is 1.80 bits per heavy atom. The van der Waals surface area contributed by atoms with Crippen LogP contribution in [0.25, 0.3) is 34.0 Å². The van der Waals surface area contributed by atoms with Crippen molar-refractivity contribution in [3.63, 3.8) is 0 Å². The summed E-state index contributed by atoms with van der Waals surface area (Å²) in [6.45, 7) is 11.7. The average Bonchev–Trinajstić information content (AvgIpc) is 3.55. The molecule has 3 nitrogen and oxygen atoms in total. The summed E-state index contributed by atoms with van der Waals surface area (Å²) >= 11 is 0. The van der Waals surface area contributed by atoms with Gasteiger partial charge < -0.3 is 14.5 Å². The van der Waals surface area contributed by atoms with Crippen LogP contribution in [0.5, 0.6) is 0 Å². The highest BCUT2D eigenvalue weighted by Gasteiger charge is 2.08. The van der Waals surface area contributed by atoms with Crippen LogP contribution in [0.2, 0.25) is 0 Å². The molecule has 0 saturated heterocycles. The van der Waals surface area contributed by atoms with E-state index in [9.17, 15) is 0 Å².